The molecule has 3 N–H and O–H groups in total. The Bertz CT molecular complexity index is 449. The van der Waals surface area contributed by atoms with Crippen LogP contribution in [0.5, 0.6) is 0 Å². The van der Waals surface area contributed by atoms with Crippen molar-refractivity contribution in [3.8, 4) is 0 Å². The van der Waals surface area contributed by atoms with Gasteiger partial charge in [-0.05, 0) is 30.5 Å². The van der Waals surface area contributed by atoms with Crippen molar-refractivity contribution >= 4 is 36.4 Å². The van der Waals surface area contributed by atoms with Crippen LogP contribution in [0.4, 0.5) is 5.69 Å². The minimum atomic E-state index is 0. The van der Waals surface area contributed by atoms with Gasteiger partial charge in [-0.1, -0.05) is 12.1 Å². The predicted molar refractivity (Wildman–Crippen MR) is 98.5 cm³/mol. The predicted octanol–water partition coefficient (Wildman–Crippen LogP) is 1.88. The highest BCUT2D eigenvalue weighted by Gasteiger charge is 2.20. The Balaban J connectivity index is 0.00000242. The molecule has 0 aromatic heterocycles. The van der Waals surface area contributed by atoms with Gasteiger partial charge in [0.1, 0.15) is 0 Å². The Morgan fingerprint density at radius 3 is 2.43 bits per heavy atom. The summed E-state index contributed by atoms with van der Waals surface area (Å²) in [5.41, 5.74) is 7.36. The Kier molecular flexibility index (Phi) is 11.0. The lowest BCUT2D eigenvalue weighted by molar-refractivity contribution is -0.121. The summed E-state index contributed by atoms with van der Waals surface area (Å²) in [5.74, 6) is 0.0927. The fraction of sp³-hybridized carbons (Fsp3) is 0.562. The number of nitrogens with one attached hydrogen (secondary N) is 1. The van der Waals surface area contributed by atoms with Crippen LogP contribution in [-0.4, -0.2) is 50.2 Å². The lowest BCUT2D eigenvalue weighted by Crippen LogP contribution is -2.45. The summed E-state index contributed by atoms with van der Waals surface area (Å²) < 4.78 is 5.09. The van der Waals surface area contributed by atoms with Crippen molar-refractivity contribution in [3.05, 3.63) is 29.8 Å². The lowest BCUT2D eigenvalue weighted by atomic mass is 10.0. The van der Waals surface area contributed by atoms with Gasteiger partial charge in [-0.2, -0.15) is 0 Å². The first-order chi connectivity index (χ1) is 10.2. The number of amides is 1. The number of nitrogens with two attached hydrogens (primary N) is 1. The average Bonchev–Trinajstić information content (AvgIpc) is 2.49. The molecule has 0 bridgehead atoms. The molecule has 132 valence electrons. The number of ether oxygens (including phenoxy) is 1. The minimum absolute atomic E-state index is 0. The first kappa shape index (κ1) is 22.0. The van der Waals surface area contributed by atoms with E-state index in [4.69, 9.17) is 10.5 Å². The SMILES string of the molecule is COCCN1CCC(NC(=O)Cc2ccc(N)cc2)CC1.Cl.Cl. The van der Waals surface area contributed by atoms with Crippen molar-refractivity contribution in [2.75, 3.05) is 39.1 Å². The molecule has 23 heavy (non-hydrogen) atoms. The smallest absolute Gasteiger partial charge is 0.224 e. The molecule has 1 amide bonds. The second-order valence-electron chi connectivity index (χ2n) is 5.59. The molecule has 1 aliphatic heterocycles. The van der Waals surface area contributed by atoms with E-state index in [1.807, 2.05) is 24.3 Å². The normalized spacial score (nSPS) is 15.3. The number of hydrogen-bond donors (Lipinski definition) is 2. The second-order valence-corrected chi connectivity index (χ2v) is 5.59. The van der Waals surface area contributed by atoms with Crippen molar-refractivity contribution in [1.29, 1.82) is 0 Å². The van der Waals surface area contributed by atoms with Crippen molar-refractivity contribution < 1.29 is 9.53 Å². The van der Waals surface area contributed by atoms with Crippen LogP contribution in [0.15, 0.2) is 24.3 Å². The van der Waals surface area contributed by atoms with Gasteiger partial charge < -0.3 is 20.7 Å². The number of halogens is 2. The van der Waals surface area contributed by atoms with Crippen molar-refractivity contribution in [2.24, 2.45) is 0 Å². The summed E-state index contributed by atoms with van der Waals surface area (Å²) in [4.78, 5) is 14.4. The van der Waals surface area contributed by atoms with Crippen LogP contribution >= 0.6 is 24.8 Å². The third kappa shape index (κ3) is 7.88. The summed E-state index contributed by atoms with van der Waals surface area (Å²) in [5, 5.41) is 3.13. The molecule has 1 heterocycles. The zero-order chi connectivity index (χ0) is 15.1. The third-order valence-electron chi connectivity index (χ3n) is 3.91. The van der Waals surface area contributed by atoms with E-state index in [9.17, 15) is 4.79 Å². The molecule has 0 spiro atoms. The maximum atomic E-state index is 12.0. The van der Waals surface area contributed by atoms with E-state index in [1.54, 1.807) is 7.11 Å². The van der Waals surface area contributed by atoms with Gasteiger partial charge in [0, 0.05) is 38.5 Å². The summed E-state index contributed by atoms with van der Waals surface area (Å²) in [6.07, 6.45) is 2.44. The van der Waals surface area contributed by atoms with Crippen LogP contribution < -0.4 is 11.1 Å². The lowest BCUT2D eigenvalue weighted by Gasteiger charge is -2.32. The molecule has 2 rings (SSSR count). The zero-order valence-electron chi connectivity index (χ0n) is 13.5. The number of methoxy groups -OCH3 is 1. The molecule has 0 radical (unpaired) electrons. The molecule has 1 saturated heterocycles. The number of anilines is 1. The van der Waals surface area contributed by atoms with Gasteiger partial charge in [0.2, 0.25) is 5.91 Å². The molecular weight excluding hydrogens is 337 g/mol. The van der Waals surface area contributed by atoms with Crippen LogP contribution in [0.1, 0.15) is 18.4 Å². The van der Waals surface area contributed by atoms with Crippen LogP contribution in [0.3, 0.4) is 0 Å². The first-order valence-electron chi connectivity index (χ1n) is 7.52. The number of likely N-dealkylation sites (tertiary alicyclic amines) is 1. The van der Waals surface area contributed by atoms with Crippen LogP contribution in [0.2, 0.25) is 0 Å². The van der Waals surface area contributed by atoms with Crippen molar-refractivity contribution in [2.45, 2.75) is 25.3 Å². The summed E-state index contributed by atoms with van der Waals surface area (Å²) in [6, 6.07) is 7.77. The number of benzene rings is 1. The van der Waals surface area contributed by atoms with E-state index in [0.717, 1.165) is 50.3 Å². The Morgan fingerprint density at radius 1 is 1.26 bits per heavy atom. The molecule has 1 aliphatic rings. The number of carbonyl (C=O) groups is 1. The van der Waals surface area contributed by atoms with Crippen LogP contribution in [0.25, 0.3) is 0 Å². The third-order valence-corrected chi connectivity index (χ3v) is 3.91. The first-order valence-corrected chi connectivity index (χ1v) is 7.52. The quantitative estimate of drug-likeness (QED) is 0.757. The number of hydrogen-bond acceptors (Lipinski definition) is 4. The Hall–Kier alpha value is -1.01. The molecule has 0 aliphatic carbocycles. The monoisotopic (exact) mass is 363 g/mol. The van der Waals surface area contributed by atoms with Crippen LogP contribution in [0, 0.1) is 0 Å². The fourth-order valence-corrected chi connectivity index (χ4v) is 2.62. The molecule has 0 saturated carbocycles. The topological polar surface area (TPSA) is 67.6 Å². The summed E-state index contributed by atoms with van der Waals surface area (Å²) in [7, 11) is 1.73. The highest BCUT2D eigenvalue weighted by atomic mass is 35.5. The van der Waals surface area contributed by atoms with Gasteiger partial charge in [0.15, 0.2) is 0 Å². The summed E-state index contributed by atoms with van der Waals surface area (Å²) in [6.45, 7) is 3.79. The zero-order valence-corrected chi connectivity index (χ0v) is 15.1. The van der Waals surface area contributed by atoms with E-state index >= 15 is 0 Å². The van der Waals surface area contributed by atoms with Crippen molar-refractivity contribution in [3.63, 3.8) is 0 Å². The van der Waals surface area contributed by atoms with Gasteiger partial charge in [-0.15, -0.1) is 24.8 Å². The highest BCUT2D eigenvalue weighted by molar-refractivity contribution is 5.85. The van der Waals surface area contributed by atoms with Gasteiger partial charge in [0.25, 0.3) is 0 Å². The largest absolute Gasteiger partial charge is 0.399 e. The van der Waals surface area contributed by atoms with E-state index in [0.29, 0.717) is 12.5 Å². The standard InChI is InChI=1S/C16H25N3O2.2ClH/c1-21-11-10-19-8-6-15(7-9-19)18-16(20)12-13-2-4-14(17)5-3-13;;/h2-5,15H,6-12,17H2,1H3,(H,18,20);2*1H. The van der Waals surface area contributed by atoms with E-state index in [-0.39, 0.29) is 30.7 Å². The Labute approximate surface area is 150 Å². The molecule has 0 atom stereocenters. The number of nitrogens with zero attached hydrogens (tertiary/aromatic N) is 1. The molecular formula is C16H27Cl2N3O2. The van der Waals surface area contributed by atoms with Crippen molar-refractivity contribution in [1.82, 2.24) is 10.2 Å². The number of carbonyl (C=O) groups excluding carboxylic acids is 1. The van der Waals surface area contributed by atoms with E-state index in [2.05, 4.69) is 10.2 Å². The van der Waals surface area contributed by atoms with Gasteiger partial charge in [-0.25, -0.2) is 0 Å². The average molecular weight is 364 g/mol. The van der Waals surface area contributed by atoms with Gasteiger partial charge in [0.05, 0.1) is 13.0 Å². The number of nitrogen functional groups attached to an aromatic ring is 1. The maximum Gasteiger partial charge on any atom is 0.224 e. The van der Waals surface area contributed by atoms with Gasteiger partial charge in [-0.3, -0.25) is 4.79 Å². The number of rotatable bonds is 6. The molecule has 1 aromatic carbocycles. The van der Waals surface area contributed by atoms with Crippen LogP contribution in [-0.2, 0) is 16.0 Å². The number of piperidine rings is 1. The Morgan fingerprint density at radius 2 is 1.87 bits per heavy atom. The van der Waals surface area contributed by atoms with E-state index < -0.39 is 0 Å². The van der Waals surface area contributed by atoms with Gasteiger partial charge >= 0.3 is 0 Å². The molecule has 7 heteroatoms. The maximum absolute atomic E-state index is 12.0. The molecule has 1 fully saturated rings. The minimum Gasteiger partial charge on any atom is -0.399 e. The summed E-state index contributed by atoms with van der Waals surface area (Å²) >= 11 is 0. The fourth-order valence-electron chi connectivity index (χ4n) is 2.62. The van der Waals surface area contributed by atoms with E-state index in [1.165, 1.54) is 0 Å². The second kappa shape index (κ2) is 11.5. The highest BCUT2D eigenvalue weighted by Crippen LogP contribution is 2.11. The molecule has 1 aromatic rings. The molecule has 0 unspecified atom stereocenters. The molecule has 5 nitrogen and oxygen atoms in total.